The molecule has 0 radical (unpaired) electrons. The lowest BCUT2D eigenvalue weighted by Crippen LogP contribution is -2.34. The van der Waals surface area contributed by atoms with E-state index >= 15 is 0 Å². The number of aromatic nitrogens is 3. The van der Waals surface area contributed by atoms with Crippen molar-refractivity contribution in [3.05, 3.63) is 64.5 Å². The summed E-state index contributed by atoms with van der Waals surface area (Å²) in [5.74, 6) is 0.750. The summed E-state index contributed by atoms with van der Waals surface area (Å²) in [6, 6.07) is 9.37. The van der Waals surface area contributed by atoms with Gasteiger partial charge in [0.1, 0.15) is 23.5 Å². The van der Waals surface area contributed by atoms with Gasteiger partial charge in [0.15, 0.2) is 6.61 Å². The van der Waals surface area contributed by atoms with Gasteiger partial charge in [0, 0.05) is 53.8 Å². The van der Waals surface area contributed by atoms with E-state index in [1.54, 1.807) is 48.3 Å². The van der Waals surface area contributed by atoms with E-state index in [0.29, 0.717) is 51.8 Å². The number of hydrogen-bond donors (Lipinski definition) is 4. The summed E-state index contributed by atoms with van der Waals surface area (Å²) in [6.45, 7) is 1.85. The summed E-state index contributed by atoms with van der Waals surface area (Å²) >= 11 is 12.1. The van der Waals surface area contributed by atoms with Crippen LogP contribution in [0.4, 0.5) is 27.7 Å². The zero-order valence-corrected chi connectivity index (χ0v) is 23.4. The fourth-order valence-corrected chi connectivity index (χ4v) is 4.96. The number of H-pyrrole nitrogens is 1. The number of aromatic amines is 1. The first-order chi connectivity index (χ1) is 19.2. The summed E-state index contributed by atoms with van der Waals surface area (Å²) in [5.41, 5.74) is 3.21. The molecule has 1 aliphatic rings. The van der Waals surface area contributed by atoms with Crippen LogP contribution in [-0.4, -0.2) is 70.5 Å². The number of fused-ring (bicyclic) bond motifs is 2. The number of nitrogens with one attached hydrogen (secondary N) is 4. The molecule has 0 saturated heterocycles. The topological polar surface area (TPSA) is 128 Å². The standard InChI is InChI=1S/C27H28Cl2N8O3/c1-36-6-3-7-37(2)23(38)14-40-22-11-19(33-26-24-16(13-36)12-30-25(24)31-15-32-26)4-5-21(22)35-27(39)34-20-9-17(28)8-18(29)10-20/h4-5,8-12,15H,3,6-7,13-14H2,1-2H3,(H2,34,35,39)(H2,30,31,32,33). The minimum Gasteiger partial charge on any atom is -0.482 e. The summed E-state index contributed by atoms with van der Waals surface area (Å²) in [6.07, 6.45) is 4.22. The number of nitrogens with zero attached hydrogens (tertiary/aromatic N) is 4. The third kappa shape index (κ3) is 6.56. The zero-order chi connectivity index (χ0) is 28.2. The Bertz CT molecular complexity index is 1540. The van der Waals surface area contributed by atoms with Crippen molar-refractivity contribution in [3.63, 3.8) is 0 Å². The van der Waals surface area contributed by atoms with Gasteiger partial charge in [0.2, 0.25) is 0 Å². The van der Waals surface area contributed by atoms with Gasteiger partial charge in [-0.1, -0.05) is 23.2 Å². The zero-order valence-electron chi connectivity index (χ0n) is 21.9. The molecular weight excluding hydrogens is 555 g/mol. The number of benzene rings is 2. The van der Waals surface area contributed by atoms with E-state index in [-0.39, 0.29) is 12.5 Å². The molecule has 11 nitrogen and oxygen atoms in total. The average molecular weight is 583 g/mol. The highest BCUT2D eigenvalue weighted by Crippen LogP contribution is 2.33. The number of urea groups is 1. The maximum Gasteiger partial charge on any atom is 0.323 e. The van der Waals surface area contributed by atoms with Crippen LogP contribution in [0.2, 0.25) is 10.0 Å². The minimum absolute atomic E-state index is 0.178. The van der Waals surface area contributed by atoms with Gasteiger partial charge < -0.3 is 35.5 Å². The summed E-state index contributed by atoms with van der Waals surface area (Å²) in [4.78, 5) is 41.5. The largest absolute Gasteiger partial charge is 0.482 e. The minimum atomic E-state index is -0.534. The van der Waals surface area contributed by atoms with Gasteiger partial charge in [0.25, 0.3) is 5.91 Å². The van der Waals surface area contributed by atoms with Crippen molar-refractivity contribution in [1.29, 1.82) is 0 Å². The Hall–Kier alpha value is -4.06. The van der Waals surface area contributed by atoms with Crippen LogP contribution in [0.1, 0.15) is 12.0 Å². The highest BCUT2D eigenvalue weighted by molar-refractivity contribution is 6.35. The Morgan fingerprint density at radius 2 is 1.85 bits per heavy atom. The van der Waals surface area contributed by atoms with E-state index in [9.17, 15) is 9.59 Å². The van der Waals surface area contributed by atoms with Crippen molar-refractivity contribution in [3.8, 4) is 5.75 Å². The first-order valence-corrected chi connectivity index (χ1v) is 13.3. The van der Waals surface area contributed by atoms with E-state index in [0.717, 1.165) is 29.6 Å². The molecule has 0 fully saturated rings. The van der Waals surface area contributed by atoms with Crippen molar-refractivity contribution in [2.45, 2.75) is 13.0 Å². The van der Waals surface area contributed by atoms with E-state index in [1.807, 2.05) is 13.2 Å². The van der Waals surface area contributed by atoms with Crippen LogP contribution < -0.4 is 20.7 Å². The molecule has 5 rings (SSSR count). The molecular formula is C27H28Cl2N8O3. The normalized spacial score (nSPS) is 14.9. The van der Waals surface area contributed by atoms with Gasteiger partial charge in [-0.2, -0.15) is 0 Å². The fraction of sp³-hybridized carbons (Fsp3) is 0.259. The lowest BCUT2D eigenvalue weighted by molar-refractivity contribution is -0.132. The highest BCUT2D eigenvalue weighted by Gasteiger charge is 2.18. The molecule has 1 aliphatic heterocycles. The van der Waals surface area contributed by atoms with Crippen molar-refractivity contribution in [1.82, 2.24) is 24.8 Å². The maximum atomic E-state index is 12.8. The molecule has 0 aliphatic carbocycles. The summed E-state index contributed by atoms with van der Waals surface area (Å²) in [5, 5.41) is 10.5. The van der Waals surface area contributed by atoms with E-state index in [1.165, 1.54) is 6.33 Å². The van der Waals surface area contributed by atoms with Gasteiger partial charge in [-0.15, -0.1) is 0 Å². The summed E-state index contributed by atoms with van der Waals surface area (Å²) in [7, 11) is 3.79. The third-order valence-electron chi connectivity index (χ3n) is 6.42. The van der Waals surface area contributed by atoms with Gasteiger partial charge in [-0.05, 0) is 55.9 Å². The molecule has 3 amide bonds. The predicted molar refractivity (Wildman–Crippen MR) is 157 cm³/mol. The van der Waals surface area contributed by atoms with Crippen molar-refractivity contribution in [2.75, 3.05) is 49.7 Å². The number of halogens is 2. The smallest absolute Gasteiger partial charge is 0.323 e. The molecule has 13 heteroatoms. The molecule has 0 atom stereocenters. The molecule has 3 heterocycles. The molecule has 4 aromatic rings. The SMILES string of the molecule is CN1CCCN(C)C(=O)COc2cc(ccc2NC(=O)Nc2cc(Cl)cc(Cl)c2)Nc2ncnc3[nH]cc(c23)C1. The number of ether oxygens (including phenoxy) is 1. The molecule has 2 bridgehead atoms. The van der Waals surface area contributed by atoms with Crippen molar-refractivity contribution in [2.24, 2.45) is 0 Å². The lowest BCUT2D eigenvalue weighted by Gasteiger charge is -2.22. The molecule has 0 saturated carbocycles. The maximum absolute atomic E-state index is 12.8. The number of likely N-dealkylation sites (N-methyl/N-ethyl adjacent to an activating group) is 1. The first-order valence-electron chi connectivity index (χ1n) is 12.6. The fourth-order valence-electron chi connectivity index (χ4n) is 4.44. The van der Waals surface area contributed by atoms with Crippen LogP contribution in [0.25, 0.3) is 11.0 Å². The van der Waals surface area contributed by atoms with E-state index < -0.39 is 6.03 Å². The third-order valence-corrected chi connectivity index (χ3v) is 6.85. The first kappa shape index (κ1) is 27.5. The number of carbonyl (C=O) groups is 2. The van der Waals surface area contributed by atoms with Gasteiger partial charge in [-0.25, -0.2) is 14.8 Å². The summed E-state index contributed by atoms with van der Waals surface area (Å²) < 4.78 is 5.93. The lowest BCUT2D eigenvalue weighted by atomic mass is 10.2. The molecule has 208 valence electrons. The molecule has 0 unspecified atom stereocenters. The molecule has 2 aromatic heterocycles. The number of anilines is 4. The molecule has 0 spiro atoms. The predicted octanol–water partition coefficient (Wildman–Crippen LogP) is 5.33. The Morgan fingerprint density at radius 1 is 1.05 bits per heavy atom. The highest BCUT2D eigenvalue weighted by atomic mass is 35.5. The van der Waals surface area contributed by atoms with E-state index in [4.69, 9.17) is 27.9 Å². The molecule has 40 heavy (non-hydrogen) atoms. The number of hydrogen-bond acceptors (Lipinski definition) is 7. The van der Waals surface area contributed by atoms with Crippen LogP contribution in [0.3, 0.4) is 0 Å². The van der Waals surface area contributed by atoms with Gasteiger partial charge in [0.05, 0.1) is 11.1 Å². The van der Waals surface area contributed by atoms with Crippen molar-refractivity contribution < 1.29 is 14.3 Å². The number of amides is 3. The van der Waals surface area contributed by atoms with Crippen LogP contribution in [-0.2, 0) is 11.3 Å². The Balaban J connectivity index is 1.46. The molecule has 4 N–H and O–H groups in total. The second-order valence-corrected chi connectivity index (χ2v) is 10.4. The quantitative estimate of drug-likeness (QED) is 0.251. The Labute approximate surface area is 240 Å². The Morgan fingerprint density at radius 3 is 2.65 bits per heavy atom. The Kier molecular flexibility index (Phi) is 8.24. The second-order valence-electron chi connectivity index (χ2n) is 9.53. The van der Waals surface area contributed by atoms with Crippen LogP contribution >= 0.6 is 23.2 Å². The van der Waals surface area contributed by atoms with Crippen molar-refractivity contribution >= 4 is 69.1 Å². The second kappa shape index (κ2) is 12.0. The van der Waals surface area contributed by atoms with Crippen LogP contribution in [0.15, 0.2) is 48.9 Å². The monoisotopic (exact) mass is 582 g/mol. The average Bonchev–Trinajstić information content (AvgIpc) is 3.30. The van der Waals surface area contributed by atoms with Gasteiger partial charge in [-0.3, -0.25) is 4.79 Å². The van der Waals surface area contributed by atoms with Crippen LogP contribution in [0.5, 0.6) is 5.75 Å². The van der Waals surface area contributed by atoms with Crippen LogP contribution in [0, 0.1) is 0 Å². The number of rotatable bonds is 2. The van der Waals surface area contributed by atoms with Gasteiger partial charge >= 0.3 is 6.03 Å². The van der Waals surface area contributed by atoms with E-state index in [2.05, 4.69) is 35.8 Å². The number of carbonyl (C=O) groups excluding carboxylic acids is 2. The molecule has 2 aromatic carbocycles.